The van der Waals surface area contributed by atoms with E-state index in [1.165, 1.54) is 22.0 Å². The fourth-order valence-electron chi connectivity index (χ4n) is 2.82. The molecule has 0 saturated carbocycles. The predicted octanol–water partition coefficient (Wildman–Crippen LogP) is 4.68. The lowest BCUT2D eigenvalue weighted by molar-refractivity contribution is 0.291. The van der Waals surface area contributed by atoms with Gasteiger partial charge in [0.05, 0.1) is 11.4 Å². The zero-order valence-electron chi connectivity index (χ0n) is 17.6. The van der Waals surface area contributed by atoms with Gasteiger partial charge in [-0.2, -0.15) is 0 Å². The van der Waals surface area contributed by atoms with Crippen molar-refractivity contribution in [3.8, 4) is 16.5 Å². The van der Waals surface area contributed by atoms with E-state index in [9.17, 15) is 0 Å². The fraction of sp³-hybridized carbons (Fsp3) is 0.273. The molecule has 31 heavy (non-hydrogen) atoms. The van der Waals surface area contributed by atoms with Crippen molar-refractivity contribution < 1.29 is 4.74 Å². The number of rotatable bonds is 7. The van der Waals surface area contributed by atoms with E-state index in [1.807, 2.05) is 35.7 Å². The van der Waals surface area contributed by atoms with Crippen LogP contribution in [0.15, 0.2) is 59.2 Å². The van der Waals surface area contributed by atoms with Crippen molar-refractivity contribution in [3.63, 3.8) is 0 Å². The van der Waals surface area contributed by atoms with E-state index in [0.29, 0.717) is 16.7 Å². The zero-order valence-corrected chi connectivity index (χ0v) is 19.3. The smallest absolute Gasteiger partial charge is 0.210 e. The third kappa shape index (κ3) is 5.23. The second-order valence-corrected chi connectivity index (χ2v) is 9.78. The number of nitrogens with zero attached hydrogens (tertiary/aromatic N) is 5. The van der Waals surface area contributed by atoms with Gasteiger partial charge in [0.15, 0.2) is 5.82 Å². The standard InChI is InChI=1S/C22H24N6OS2/c1-22(2,3)15-7-9-17(10-8-15)29-12-19-26-27-21(28(19)23)31-14-16-13-30-20(25-16)18-6-4-5-11-24-18/h4-11,13H,12,14,23H2,1-3H3. The largest absolute Gasteiger partial charge is 0.486 e. The van der Waals surface area contributed by atoms with E-state index in [2.05, 4.69) is 53.1 Å². The second kappa shape index (κ2) is 9.07. The van der Waals surface area contributed by atoms with Crippen molar-refractivity contribution in [1.29, 1.82) is 0 Å². The lowest BCUT2D eigenvalue weighted by Crippen LogP contribution is -2.16. The number of thioether (sulfide) groups is 1. The first kappa shape index (κ1) is 21.3. The van der Waals surface area contributed by atoms with Crippen molar-refractivity contribution in [1.82, 2.24) is 24.8 Å². The van der Waals surface area contributed by atoms with Crippen LogP contribution in [0.4, 0.5) is 0 Å². The highest BCUT2D eigenvalue weighted by atomic mass is 32.2. The summed E-state index contributed by atoms with van der Waals surface area (Å²) >= 11 is 3.06. The number of pyridine rings is 1. The average Bonchev–Trinajstić information content (AvgIpc) is 3.38. The van der Waals surface area contributed by atoms with E-state index < -0.39 is 0 Å². The van der Waals surface area contributed by atoms with E-state index in [-0.39, 0.29) is 12.0 Å². The lowest BCUT2D eigenvalue weighted by Gasteiger charge is -2.19. The quantitative estimate of drug-likeness (QED) is 0.321. The average molecular weight is 453 g/mol. The Hall–Kier alpha value is -2.91. The molecule has 160 valence electrons. The van der Waals surface area contributed by atoms with E-state index in [4.69, 9.17) is 10.6 Å². The Morgan fingerprint density at radius 1 is 1.10 bits per heavy atom. The highest BCUT2D eigenvalue weighted by Gasteiger charge is 2.15. The molecular weight excluding hydrogens is 428 g/mol. The highest BCUT2D eigenvalue weighted by molar-refractivity contribution is 7.98. The summed E-state index contributed by atoms with van der Waals surface area (Å²) in [4.78, 5) is 8.99. The Morgan fingerprint density at radius 2 is 1.90 bits per heavy atom. The molecule has 0 bridgehead atoms. The summed E-state index contributed by atoms with van der Waals surface area (Å²) in [6, 6.07) is 13.9. The summed E-state index contributed by atoms with van der Waals surface area (Å²) in [6.45, 7) is 6.80. The Balaban J connectivity index is 1.34. The van der Waals surface area contributed by atoms with Gasteiger partial charge in [-0.3, -0.25) is 4.98 Å². The maximum Gasteiger partial charge on any atom is 0.210 e. The number of hydrogen-bond donors (Lipinski definition) is 1. The van der Waals surface area contributed by atoms with Crippen LogP contribution in [0.25, 0.3) is 10.7 Å². The Kier molecular flexibility index (Phi) is 6.24. The molecule has 0 aliphatic carbocycles. The van der Waals surface area contributed by atoms with Gasteiger partial charge in [-0.25, -0.2) is 9.66 Å². The van der Waals surface area contributed by atoms with Gasteiger partial charge in [-0.1, -0.05) is 50.7 Å². The van der Waals surface area contributed by atoms with Crippen molar-refractivity contribution in [2.24, 2.45) is 0 Å². The first-order valence-electron chi connectivity index (χ1n) is 9.81. The first-order valence-corrected chi connectivity index (χ1v) is 11.7. The highest BCUT2D eigenvalue weighted by Crippen LogP contribution is 2.27. The van der Waals surface area contributed by atoms with Crippen LogP contribution in [-0.2, 0) is 17.8 Å². The van der Waals surface area contributed by atoms with Crippen LogP contribution in [0.2, 0.25) is 0 Å². The normalized spacial score (nSPS) is 11.6. The molecule has 0 saturated heterocycles. The van der Waals surface area contributed by atoms with Crippen LogP contribution < -0.4 is 10.6 Å². The molecule has 0 aliphatic rings. The molecule has 1 aromatic carbocycles. The molecule has 3 aromatic heterocycles. The van der Waals surface area contributed by atoms with E-state index in [1.54, 1.807) is 17.5 Å². The number of benzene rings is 1. The van der Waals surface area contributed by atoms with Gasteiger partial charge in [-0.05, 0) is 35.2 Å². The summed E-state index contributed by atoms with van der Waals surface area (Å²) in [7, 11) is 0. The minimum Gasteiger partial charge on any atom is -0.486 e. The monoisotopic (exact) mass is 452 g/mol. The first-order chi connectivity index (χ1) is 14.9. The third-order valence-electron chi connectivity index (χ3n) is 4.61. The summed E-state index contributed by atoms with van der Waals surface area (Å²) < 4.78 is 7.31. The number of aromatic nitrogens is 5. The molecule has 0 spiro atoms. The summed E-state index contributed by atoms with van der Waals surface area (Å²) in [6.07, 6.45) is 1.77. The Morgan fingerprint density at radius 3 is 2.61 bits per heavy atom. The van der Waals surface area contributed by atoms with Crippen molar-refractivity contribution in [3.05, 3.63) is 71.1 Å². The minimum absolute atomic E-state index is 0.109. The molecule has 0 amide bonds. The van der Waals surface area contributed by atoms with Crippen LogP contribution in [0.3, 0.4) is 0 Å². The number of hydrogen-bond acceptors (Lipinski definition) is 8. The van der Waals surface area contributed by atoms with Gasteiger partial charge in [0.25, 0.3) is 0 Å². The molecule has 0 fully saturated rings. The summed E-state index contributed by atoms with van der Waals surface area (Å²) in [5.41, 5.74) is 3.20. The van der Waals surface area contributed by atoms with Crippen LogP contribution in [0.5, 0.6) is 5.75 Å². The number of thiazole rings is 1. The maximum atomic E-state index is 6.17. The molecule has 9 heteroatoms. The molecule has 0 radical (unpaired) electrons. The Labute approximate surface area is 189 Å². The maximum absolute atomic E-state index is 6.17. The summed E-state index contributed by atoms with van der Waals surface area (Å²) in [5.74, 6) is 8.16. The minimum atomic E-state index is 0.109. The SMILES string of the molecule is CC(C)(C)c1ccc(OCc2nnc(SCc3csc(-c4ccccn4)n3)n2N)cc1. The number of ether oxygens (including phenoxy) is 1. The van der Waals surface area contributed by atoms with Crippen LogP contribution >= 0.6 is 23.1 Å². The molecule has 4 aromatic rings. The number of nitrogens with two attached hydrogens (primary N) is 1. The molecule has 0 unspecified atom stereocenters. The molecule has 0 aliphatic heterocycles. The van der Waals surface area contributed by atoms with Crippen LogP contribution in [0.1, 0.15) is 37.9 Å². The molecule has 2 N–H and O–H groups in total. The second-order valence-electron chi connectivity index (χ2n) is 7.98. The number of nitrogen functional groups attached to an aromatic ring is 1. The molecule has 3 heterocycles. The predicted molar refractivity (Wildman–Crippen MR) is 125 cm³/mol. The van der Waals surface area contributed by atoms with Gasteiger partial charge in [-0.15, -0.1) is 21.5 Å². The van der Waals surface area contributed by atoms with Crippen molar-refractivity contribution >= 4 is 23.1 Å². The van der Waals surface area contributed by atoms with E-state index >= 15 is 0 Å². The lowest BCUT2D eigenvalue weighted by atomic mass is 9.87. The van der Waals surface area contributed by atoms with Crippen molar-refractivity contribution in [2.75, 3.05) is 5.84 Å². The van der Waals surface area contributed by atoms with E-state index in [0.717, 1.165) is 22.1 Å². The van der Waals surface area contributed by atoms with Crippen molar-refractivity contribution in [2.45, 2.75) is 43.7 Å². The molecule has 7 nitrogen and oxygen atoms in total. The topological polar surface area (TPSA) is 91.7 Å². The van der Waals surface area contributed by atoms with Gasteiger partial charge >= 0.3 is 0 Å². The van der Waals surface area contributed by atoms with Crippen LogP contribution in [-0.4, -0.2) is 24.8 Å². The summed E-state index contributed by atoms with van der Waals surface area (Å²) in [5, 5.41) is 11.9. The molecule has 0 atom stereocenters. The molecular formula is C22H24N6OS2. The zero-order chi connectivity index (χ0) is 21.8. The fourth-order valence-corrected chi connectivity index (χ4v) is 4.49. The van der Waals surface area contributed by atoms with Crippen LogP contribution in [0, 0.1) is 0 Å². The third-order valence-corrected chi connectivity index (χ3v) is 6.50. The van der Waals surface area contributed by atoms with Gasteiger partial charge in [0.2, 0.25) is 5.16 Å². The van der Waals surface area contributed by atoms with Gasteiger partial charge in [0, 0.05) is 17.3 Å². The van der Waals surface area contributed by atoms with Gasteiger partial charge in [0.1, 0.15) is 17.4 Å². The Bertz CT molecular complexity index is 1130. The molecule has 4 rings (SSSR count). The van der Waals surface area contributed by atoms with Gasteiger partial charge < -0.3 is 10.6 Å².